The maximum Gasteiger partial charge on any atom is 0.216 e. The van der Waals surface area contributed by atoms with Gasteiger partial charge in [0.25, 0.3) is 0 Å². The molecule has 1 amide bonds. The first-order valence-corrected chi connectivity index (χ1v) is 3.53. The van der Waals surface area contributed by atoms with E-state index in [0.29, 0.717) is 0 Å². The summed E-state index contributed by atoms with van der Waals surface area (Å²) in [5.74, 6) is 0.885. The molecule has 1 fully saturated rings. The van der Waals surface area contributed by atoms with Crippen molar-refractivity contribution in [1.82, 2.24) is 5.32 Å². The molecule has 0 aromatic carbocycles. The van der Waals surface area contributed by atoms with E-state index in [-0.39, 0.29) is 5.91 Å². The third-order valence-corrected chi connectivity index (χ3v) is 1.86. The van der Waals surface area contributed by atoms with Crippen LogP contribution in [0, 0.1) is 5.92 Å². The Morgan fingerprint density at radius 2 is 2.33 bits per heavy atom. The number of hydrogen-bond donors (Lipinski definition) is 1. The summed E-state index contributed by atoms with van der Waals surface area (Å²) in [7, 11) is 0. The van der Waals surface area contributed by atoms with Gasteiger partial charge in [-0.3, -0.25) is 4.79 Å². The zero-order valence-electron chi connectivity index (χ0n) is 5.81. The molecule has 0 unspecified atom stereocenters. The van der Waals surface area contributed by atoms with E-state index in [9.17, 15) is 4.79 Å². The zero-order chi connectivity index (χ0) is 6.69. The Labute approximate surface area is 55.6 Å². The number of carbonyl (C=O) groups excluding carboxylic acids is 1. The Morgan fingerprint density at radius 3 is 2.67 bits per heavy atom. The summed E-state index contributed by atoms with van der Waals surface area (Å²) in [5.41, 5.74) is 0. The first kappa shape index (κ1) is 6.59. The summed E-state index contributed by atoms with van der Waals surface area (Å²) in [6, 6.07) is 0. The van der Waals surface area contributed by atoms with Crippen LogP contribution in [0.3, 0.4) is 0 Å². The number of rotatable bonds is 2. The molecule has 1 aliphatic rings. The van der Waals surface area contributed by atoms with E-state index in [1.54, 1.807) is 6.92 Å². The molecule has 0 saturated heterocycles. The average Bonchev–Trinajstić information content (AvgIpc) is 1.60. The van der Waals surface area contributed by atoms with E-state index in [4.69, 9.17) is 0 Å². The highest BCUT2D eigenvalue weighted by molar-refractivity contribution is 5.72. The van der Waals surface area contributed by atoms with Crippen molar-refractivity contribution in [2.45, 2.75) is 26.2 Å². The van der Waals surface area contributed by atoms with E-state index >= 15 is 0 Å². The van der Waals surface area contributed by atoms with Crippen LogP contribution < -0.4 is 5.32 Å². The summed E-state index contributed by atoms with van der Waals surface area (Å²) >= 11 is 0. The van der Waals surface area contributed by atoms with Gasteiger partial charge in [0.05, 0.1) is 0 Å². The largest absolute Gasteiger partial charge is 0.356 e. The van der Waals surface area contributed by atoms with Gasteiger partial charge < -0.3 is 5.32 Å². The lowest BCUT2D eigenvalue weighted by Gasteiger charge is -2.24. The smallest absolute Gasteiger partial charge is 0.216 e. The molecule has 0 aromatic rings. The van der Waals surface area contributed by atoms with Crippen molar-refractivity contribution >= 4 is 5.91 Å². The Kier molecular flexibility index (Phi) is 2.09. The van der Waals surface area contributed by atoms with E-state index in [0.717, 1.165) is 12.5 Å². The summed E-state index contributed by atoms with van der Waals surface area (Å²) in [6.45, 7) is 2.47. The van der Waals surface area contributed by atoms with E-state index < -0.39 is 0 Å². The minimum absolute atomic E-state index is 0.0990. The van der Waals surface area contributed by atoms with Crippen LogP contribution in [0.4, 0.5) is 0 Å². The highest BCUT2D eigenvalue weighted by atomic mass is 16.1. The molecule has 0 radical (unpaired) electrons. The van der Waals surface area contributed by atoms with Crippen LogP contribution in [0.5, 0.6) is 0 Å². The summed E-state index contributed by atoms with van der Waals surface area (Å²) in [6.07, 6.45) is 3.96. The lowest BCUT2D eigenvalue weighted by molar-refractivity contribution is -0.119. The summed E-state index contributed by atoms with van der Waals surface area (Å²) < 4.78 is 0. The van der Waals surface area contributed by atoms with Crippen LogP contribution in [0.15, 0.2) is 0 Å². The van der Waals surface area contributed by atoms with Crippen molar-refractivity contribution in [2.24, 2.45) is 5.92 Å². The van der Waals surface area contributed by atoms with Gasteiger partial charge in [-0.25, -0.2) is 0 Å². The minimum Gasteiger partial charge on any atom is -0.356 e. The third-order valence-electron chi connectivity index (χ3n) is 1.86. The second-order valence-corrected chi connectivity index (χ2v) is 2.73. The van der Waals surface area contributed by atoms with Crippen molar-refractivity contribution in [3.63, 3.8) is 0 Å². The molecule has 1 rings (SSSR count). The fraction of sp³-hybridized carbons (Fsp3) is 0.857. The molecule has 2 nitrogen and oxygen atoms in total. The van der Waals surface area contributed by atoms with Gasteiger partial charge in [-0.15, -0.1) is 0 Å². The molecule has 2 heteroatoms. The van der Waals surface area contributed by atoms with Crippen LogP contribution in [-0.4, -0.2) is 12.5 Å². The maximum atomic E-state index is 10.4. The molecular formula is C7H13NO. The maximum absolute atomic E-state index is 10.4. The Balaban J connectivity index is 1.97. The monoisotopic (exact) mass is 127 g/mol. The number of nitrogens with one attached hydrogen (secondary N) is 1. The Bertz CT molecular complexity index is 107. The van der Waals surface area contributed by atoms with Gasteiger partial charge in [0.15, 0.2) is 0 Å². The minimum atomic E-state index is 0.0990. The second-order valence-electron chi connectivity index (χ2n) is 2.73. The molecule has 1 saturated carbocycles. The summed E-state index contributed by atoms with van der Waals surface area (Å²) in [4.78, 5) is 10.4. The van der Waals surface area contributed by atoms with Gasteiger partial charge in [0.2, 0.25) is 5.91 Å². The normalized spacial score (nSPS) is 18.8. The fourth-order valence-corrected chi connectivity index (χ4v) is 0.985. The predicted octanol–water partition coefficient (Wildman–Crippen LogP) is 0.923. The van der Waals surface area contributed by atoms with E-state index in [2.05, 4.69) is 5.32 Å². The quantitative estimate of drug-likeness (QED) is 0.587. The Hall–Kier alpha value is -0.530. The molecule has 0 aromatic heterocycles. The van der Waals surface area contributed by atoms with Gasteiger partial charge in [-0.1, -0.05) is 6.42 Å². The van der Waals surface area contributed by atoms with Crippen molar-refractivity contribution in [2.75, 3.05) is 6.54 Å². The third kappa shape index (κ3) is 2.04. The predicted molar refractivity (Wildman–Crippen MR) is 36.0 cm³/mol. The van der Waals surface area contributed by atoms with Gasteiger partial charge in [0.1, 0.15) is 0 Å². The molecule has 0 aliphatic heterocycles. The van der Waals surface area contributed by atoms with Gasteiger partial charge >= 0.3 is 0 Å². The molecule has 1 aliphatic carbocycles. The molecule has 9 heavy (non-hydrogen) atoms. The highest BCUT2D eigenvalue weighted by Crippen LogP contribution is 2.24. The number of hydrogen-bond acceptors (Lipinski definition) is 1. The number of amides is 1. The molecule has 1 N–H and O–H groups in total. The SMILES string of the molecule is CC(=O)NCC1CCC1. The standard InChI is InChI=1S/C7H13NO/c1-6(9)8-5-7-3-2-4-7/h7H,2-5H2,1H3,(H,8,9). The van der Waals surface area contributed by atoms with Crippen LogP contribution in [-0.2, 0) is 4.79 Å². The fourth-order valence-electron chi connectivity index (χ4n) is 0.985. The van der Waals surface area contributed by atoms with E-state index in [1.165, 1.54) is 19.3 Å². The number of carbonyl (C=O) groups is 1. The first-order chi connectivity index (χ1) is 4.29. The van der Waals surface area contributed by atoms with Crippen molar-refractivity contribution in [3.8, 4) is 0 Å². The van der Waals surface area contributed by atoms with Gasteiger partial charge in [0, 0.05) is 13.5 Å². The van der Waals surface area contributed by atoms with Crippen molar-refractivity contribution in [1.29, 1.82) is 0 Å². The summed E-state index contributed by atoms with van der Waals surface area (Å²) in [5, 5.41) is 2.81. The lowest BCUT2D eigenvalue weighted by atomic mass is 9.85. The topological polar surface area (TPSA) is 29.1 Å². The van der Waals surface area contributed by atoms with Crippen LogP contribution in [0.2, 0.25) is 0 Å². The first-order valence-electron chi connectivity index (χ1n) is 3.53. The molecule has 0 bridgehead atoms. The molecular weight excluding hydrogens is 114 g/mol. The van der Waals surface area contributed by atoms with Gasteiger partial charge in [-0.2, -0.15) is 0 Å². The van der Waals surface area contributed by atoms with E-state index in [1.807, 2.05) is 0 Å². The molecule has 0 heterocycles. The van der Waals surface area contributed by atoms with Crippen LogP contribution >= 0.6 is 0 Å². The highest BCUT2D eigenvalue weighted by Gasteiger charge is 2.16. The van der Waals surface area contributed by atoms with Crippen LogP contribution in [0.25, 0.3) is 0 Å². The van der Waals surface area contributed by atoms with Crippen molar-refractivity contribution in [3.05, 3.63) is 0 Å². The molecule has 0 spiro atoms. The Morgan fingerprint density at radius 1 is 1.67 bits per heavy atom. The second kappa shape index (κ2) is 2.85. The molecule has 52 valence electrons. The average molecular weight is 127 g/mol. The lowest BCUT2D eigenvalue weighted by Crippen LogP contribution is -2.30. The zero-order valence-corrected chi connectivity index (χ0v) is 5.81. The molecule has 0 atom stereocenters. The van der Waals surface area contributed by atoms with Gasteiger partial charge in [-0.05, 0) is 18.8 Å². The van der Waals surface area contributed by atoms with Crippen molar-refractivity contribution < 1.29 is 4.79 Å². The van der Waals surface area contributed by atoms with Crippen LogP contribution in [0.1, 0.15) is 26.2 Å².